The Morgan fingerprint density at radius 3 is 2.43 bits per heavy atom. The monoisotopic (exact) mass is 407 g/mol. The molecule has 1 amide bonds. The maximum Gasteiger partial charge on any atom is 0.417 e. The van der Waals surface area contributed by atoms with E-state index in [-0.39, 0.29) is 12.5 Å². The van der Waals surface area contributed by atoms with Gasteiger partial charge in [0, 0.05) is 18.8 Å². The maximum atomic E-state index is 12.7. The lowest BCUT2D eigenvalue weighted by Gasteiger charge is -2.11. The van der Waals surface area contributed by atoms with Gasteiger partial charge in [0.15, 0.2) is 5.82 Å². The van der Waals surface area contributed by atoms with Crippen molar-refractivity contribution in [2.45, 2.75) is 36.8 Å². The van der Waals surface area contributed by atoms with Crippen molar-refractivity contribution < 1.29 is 18.0 Å². The third kappa shape index (κ3) is 4.69. The molecule has 2 heterocycles. The van der Waals surface area contributed by atoms with Crippen molar-refractivity contribution >= 4 is 17.7 Å². The van der Waals surface area contributed by atoms with Crippen LogP contribution in [0.3, 0.4) is 0 Å². The standard InChI is InChI=1S/C18H16F3N5OS/c1-11-3-6-14(7-4-11)26-15(10-22-12(2)27)24-25-17(26)28-16-8-5-13(9-23-16)18(19,20)21/h3-9H,10H2,1-2H3,(H,22,27). The lowest BCUT2D eigenvalue weighted by Crippen LogP contribution is -2.21. The van der Waals surface area contributed by atoms with Gasteiger partial charge in [-0.25, -0.2) is 4.98 Å². The molecule has 0 aliphatic carbocycles. The summed E-state index contributed by atoms with van der Waals surface area (Å²) in [6, 6.07) is 9.85. The number of hydrogen-bond acceptors (Lipinski definition) is 5. The zero-order valence-electron chi connectivity index (χ0n) is 15.0. The van der Waals surface area contributed by atoms with Crippen LogP contribution in [0, 0.1) is 6.92 Å². The van der Waals surface area contributed by atoms with Crippen molar-refractivity contribution in [3.05, 3.63) is 59.5 Å². The van der Waals surface area contributed by atoms with Gasteiger partial charge >= 0.3 is 6.18 Å². The summed E-state index contributed by atoms with van der Waals surface area (Å²) in [6.07, 6.45) is -3.66. The minimum absolute atomic E-state index is 0.164. The Kier molecular flexibility index (Phi) is 5.68. The largest absolute Gasteiger partial charge is 0.417 e. The molecule has 0 saturated carbocycles. The minimum atomic E-state index is -4.44. The molecule has 146 valence electrons. The first-order chi connectivity index (χ1) is 13.2. The van der Waals surface area contributed by atoms with Crippen LogP contribution in [0.1, 0.15) is 23.9 Å². The van der Waals surface area contributed by atoms with Gasteiger partial charge in [-0.15, -0.1) is 10.2 Å². The lowest BCUT2D eigenvalue weighted by molar-refractivity contribution is -0.137. The number of halogens is 3. The first-order valence-corrected chi connectivity index (χ1v) is 9.02. The van der Waals surface area contributed by atoms with Crippen molar-refractivity contribution in [1.29, 1.82) is 0 Å². The average Bonchev–Trinajstić information content (AvgIpc) is 3.03. The second-order valence-corrected chi connectivity index (χ2v) is 6.95. The number of rotatable bonds is 5. The molecule has 3 aromatic rings. The summed E-state index contributed by atoms with van der Waals surface area (Å²) in [5.41, 5.74) is 1.02. The van der Waals surface area contributed by atoms with Gasteiger partial charge in [-0.05, 0) is 43.0 Å². The molecule has 0 aliphatic rings. The molecule has 0 fully saturated rings. The van der Waals surface area contributed by atoms with Crippen molar-refractivity contribution in [2.24, 2.45) is 0 Å². The number of aromatic nitrogens is 4. The third-order valence-corrected chi connectivity index (χ3v) is 4.64. The highest BCUT2D eigenvalue weighted by molar-refractivity contribution is 7.99. The highest BCUT2D eigenvalue weighted by Gasteiger charge is 2.30. The van der Waals surface area contributed by atoms with E-state index in [4.69, 9.17) is 0 Å². The first-order valence-electron chi connectivity index (χ1n) is 8.21. The van der Waals surface area contributed by atoms with Gasteiger partial charge in [0.05, 0.1) is 12.1 Å². The Hall–Kier alpha value is -2.88. The summed E-state index contributed by atoms with van der Waals surface area (Å²) in [5, 5.41) is 11.7. The minimum Gasteiger partial charge on any atom is -0.349 e. The Labute approximate surface area is 163 Å². The quantitative estimate of drug-likeness (QED) is 0.697. The van der Waals surface area contributed by atoms with Crippen LogP contribution in [0.15, 0.2) is 52.8 Å². The Morgan fingerprint density at radius 1 is 1.14 bits per heavy atom. The van der Waals surface area contributed by atoms with E-state index >= 15 is 0 Å². The van der Waals surface area contributed by atoms with Gasteiger partial charge in [0.25, 0.3) is 0 Å². The molecule has 6 nitrogen and oxygen atoms in total. The second kappa shape index (κ2) is 8.01. The van der Waals surface area contributed by atoms with E-state index in [1.54, 1.807) is 4.57 Å². The number of nitrogens with zero attached hydrogens (tertiary/aromatic N) is 4. The van der Waals surface area contributed by atoms with Gasteiger partial charge < -0.3 is 5.32 Å². The molecule has 2 aromatic heterocycles. The predicted octanol–water partition coefficient (Wildman–Crippen LogP) is 3.78. The van der Waals surface area contributed by atoms with Crippen molar-refractivity contribution in [1.82, 2.24) is 25.1 Å². The molecular weight excluding hydrogens is 391 g/mol. The third-order valence-electron chi connectivity index (χ3n) is 3.75. The van der Waals surface area contributed by atoms with Crippen LogP contribution in [0.5, 0.6) is 0 Å². The zero-order chi connectivity index (χ0) is 20.3. The summed E-state index contributed by atoms with van der Waals surface area (Å²) in [7, 11) is 0. The topological polar surface area (TPSA) is 72.7 Å². The van der Waals surface area contributed by atoms with Gasteiger partial charge in [-0.2, -0.15) is 13.2 Å². The van der Waals surface area contributed by atoms with E-state index in [9.17, 15) is 18.0 Å². The molecule has 0 aliphatic heterocycles. The van der Waals surface area contributed by atoms with Crippen LogP contribution in [0.2, 0.25) is 0 Å². The van der Waals surface area contributed by atoms with E-state index in [0.717, 1.165) is 35.3 Å². The molecule has 3 rings (SSSR count). The van der Waals surface area contributed by atoms with Crippen molar-refractivity contribution in [2.75, 3.05) is 0 Å². The van der Waals surface area contributed by atoms with Crippen LogP contribution in [-0.2, 0) is 17.5 Å². The molecule has 0 unspecified atom stereocenters. The summed E-state index contributed by atoms with van der Waals surface area (Å²) in [6.45, 7) is 3.52. The van der Waals surface area contributed by atoms with E-state index in [0.29, 0.717) is 16.0 Å². The first kappa shape index (κ1) is 19.9. The number of carbonyl (C=O) groups is 1. The fraction of sp³-hybridized carbons (Fsp3) is 0.222. The van der Waals surface area contributed by atoms with Crippen molar-refractivity contribution in [3.8, 4) is 5.69 Å². The van der Waals surface area contributed by atoms with Crippen LogP contribution in [0.4, 0.5) is 13.2 Å². The highest BCUT2D eigenvalue weighted by atomic mass is 32.2. The van der Waals surface area contributed by atoms with Gasteiger partial charge in [-0.1, -0.05) is 17.7 Å². The smallest absolute Gasteiger partial charge is 0.349 e. The second-order valence-electron chi connectivity index (χ2n) is 5.96. The number of benzene rings is 1. The molecule has 0 atom stereocenters. The maximum absolute atomic E-state index is 12.7. The van der Waals surface area contributed by atoms with E-state index in [1.165, 1.54) is 13.0 Å². The number of amides is 1. The average molecular weight is 407 g/mol. The molecule has 1 N–H and O–H groups in total. The fourth-order valence-corrected chi connectivity index (χ4v) is 3.15. The fourth-order valence-electron chi connectivity index (χ4n) is 2.34. The summed E-state index contributed by atoms with van der Waals surface area (Å²) in [5.74, 6) is 0.283. The molecule has 0 saturated heterocycles. The lowest BCUT2D eigenvalue weighted by atomic mass is 10.2. The summed E-state index contributed by atoms with van der Waals surface area (Å²) >= 11 is 1.09. The Bertz CT molecular complexity index is 968. The number of hydrogen-bond donors (Lipinski definition) is 1. The molecule has 0 radical (unpaired) electrons. The van der Waals surface area contributed by atoms with Crippen molar-refractivity contribution in [3.63, 3.8) is 0 Å². The van der Waals surface area contributed by atoms with Gasteiger partial charge in [0.2, 0.25) is 11.1 Å². The van der Waals surface area contributed by atoms with Crippen LogP contribution in [0.25, 0.3) is 5.69 Å². The summed E-state index contributed by atoms with van der Waals surface area (Å²) in [4.78, 5) is 15.1. The van der Waals surface area contributed by atoms with E-state index in [1.807, 2.05) is 31.2 Å². The summed E-state index contributed by atoms with van der Waals surface area (Å²) < 4.78 is 39.9. The Balaban J connectivity index is 1.94. The predicted molar refractivity (Wildman–Crippen MR) is 97.0 cm³/mol. The number of aryl methyl sites for hydroxylation is 1. The van der Waals surface area contributed by atoms with Crippen LogP contribution < -0.4 is 5.32 Å². The molecule has 0 bridgehead atoms. The van der Waals surface area contributed by atoms with Crippen LogP contribution in [-0.4, -0.2) is 25.7 Å². The highest BCUT2D eigenvalue weighted by Crippen LogP contribution is 2.32. The van der Waals surface area contributed by atoms with Gasteiger partial charge in [-0.3, -0.25) is 9.36 Å². The number of pyridine rings is 1. The zero-order valence-corrected chi connectivity index (χ0v) is 15.8. The molecule has 0 spiro atoms. The van der Waals surface area contributed by atoms with Crippen LogP contribution >= 0.6 is 11.8 Å². The number of carbonyl (C=O) groups excluding carboxylic acids is 1. The number of alkyl halides is 3. The molecule has 28 heavy (non-hydrogen) atoms. The molecule has 1 aromatic carbocycles. The van der Waals surface area contributed by atoms with E-state index < -0.39 is 11.7 Å². The SMILES string of the molecule is CC(=O)NCc1nnc(Sc2ccc(C(F)(F)F)cn2)n1-c1ccc(C)cc1. The molecule has 10 heteroatoms. The normalized spacial score (nSPS) is 11.5. The number of nitrogens with one attached hydrogen (secondary N) is 1. The molecular formula is C18H16F3N5OS. The van der Waals surface area contributed by atoms with E-state index in [2.05, 4.69) is 20.5 Å². The van der Waals surface area contributed by atoms with Gasteiger partial charge in [0.1, 0.15) is 5.03 Å². The Morgan fingerprint density at radius 2 is 1.86 bits per heavy atom.